The van der Waals surface area contributed by atoms with Crippen LogP contribution in [0.25, 0.3) is 5.69 Å². The van der Waals surface area contributed by atoms with Crippen LogP contribution in [-0.4, -0.2) is 38.7 Å². The van der Waals surface area contributed by atoms with E-state index in [9.17, 15) is 4.79 Å². The zero-order chi connectivity index (χ0) is 19.5. The van der Waals surface area contributed by atoms with E-state index in [1.54, 1.807) is 18.5 Å². The van der Waals surface area contributed by atoms with Crippen LogP contribution in [0.1, 0.15) is 24.2 Å². The highest BCUT2D eigenvalue weighted by molar-refractivity contribution is 5.93. The molecule has 0 unspecified atom stereocenters. The van der Waals surface area contributed by atoms with E-state index in [4.69, 9.17) is 0 Å². The molecule has 0 saturated carbocycles. The Hall–Kier alpha value is -3.22. The van der Waals surface area contributed by atoms with Gasteiger partial charge in [-0.1, -0.05) is 0 Å². The van der Waals surface area contributed by atoms with E-state index in [0.29, 0.717) is 12.5 Å². The molecule has 144 valence electrons. The van der Waals surface area contributed by atoms with Gasteiger partial charge in [-0.25, -0.2) is 14.6 Å². The largest absolute Gasteiger partial charge is 0.340 e. The Bertz CT molecular complexity index is 951. The van der Waals surface area contributed by atoms with Gasteiger partial charge in [0, 0.05) is 36.9 Å². The van der Waals surface area contributed by atoms with Gasteiger partial charge in [0.15, 0.2) is 0 Å². The molecule has 0 bridgehead atoms. The minimum atomic E-state index is -0.0757. The van der Waals surface area contributed by atoms with Crippen molar-refractivity contribution in [3.05, 3.63) is 60.2 Å². The molecule has 0 radical (unpaired) electrons. The quantitative estimate of drug-likeness (QED) is 0.757. The standard InChI is InChI=1S/C21H24N6O/c1-15-13-16(2)27(25-15)19-8-6-18(7-9-19)24-20(28)17-5-3-12-26(14-17)21-22-10-4-11-23-21/h4,6-11,13,17H,3,5,12,14H2,1-2H3,(H,24,28)/t17-/m1/s1. The van der Waals surface area contributed by atoms with E-state index < -0.39 is 0 Å². The molecule has 4 rings (SSSR count). The van der Waals surface area contributed by atoms with Crippen LogP contribution in [0.4, 0.5) is 11.6 Å². The topological polar surface area (TPSA) is 75.9 Å². The van der Waals surface area contributed by atoms with Gasteiger partial charge in [0.25, 0.3) is 0 Å². The minimum Gasteiger partial charge on any atom is -0.340 e. The summed E-state index contributed by atoms with van der Waals surface area (Å²) in [5, 5.41) is 7.54. The fourth-order valence-corrected chi connectivity index (χ4v) is 3.65. The lowest BCUT2D eigenvalue weighted by molar-refractivity contribution is -0.120. The van der Waals surface area contributed by atoms with Crippen LogP contribution in [0.2, 0.25) is 0 Å². The Morgan fingerprint density at radius 1 is 1.14 bits per heavy atom. The normalized spacial score (nSPS) is 16.8. The first-order chi connectivity index (χ1) is 13.6. The third-order valence-corrected chi connectivity index (χ3v) is 5.02. The Kier molecular flexibility index (Phi) is 5.06. The molecule has 0 spiro atoms. The molecular formula is C21H24N6O. The third-order valence-electron chi connectivity index (χ3n) is 5.02. The third kappa shape index (κ3) is 3.88. The number of aryl methyl sites for hydroxylation is 2. The van der Waals surface area contributed by atoms with Crippen molar-refractivity contribution in [3.63, 3.8) is 0 Å². The second kappa shape index (κ2) is 7.80. The molecule has 1 aliphatic rings. The lowest BCUT2D eigenvalue weighted by atomic mass is 9.97. The van der Waals surface area contributed by atoms with Gasteiger partial charge in [-0.05, 0) is 63.1 Å². The highest BCUT2D eigenvalue weighted by Crippen LogP contribution is 2.22. The van der Waals surface area contributed by atoms with Crippen molar-refractivity contribution < 1.29 is 4.79 Å². The number of nitrogens with one attached hydrogen (secondary N) is 1. The number of benzene rings is 1. The van der Waals surface area contributed by atoms with E-state index in [2.05, 4.69) is 25.3 Å². The molecule has 1 saturated heterocycles. The molecule has 1 aliphatic heterocycles. The molecule has 2 aromatic heterocycles. The van der Waals surface area contributed by atoms with E-state index in [1.807, 2.05) is 48.9 Å². The molecule has 1 N–H and O–H groups in total. The lowest BCUT2D eigenvalue weighted by Gasteiger charge is -2.31. The Balaban J connectivity index is 1.41. The van der Waals surface area contributed by atoms with Crippen LogP contribution in [0.3, 0.4) is 0 Å². The van der Waals surface area contributed by atoms with Gasteiger partial charge in [0.1, 0.15) is 0 Å². The fourth-order valence-electron chi connectivity index (χ4n) is 3.65. The van der Waals surface area contributed by atoms with Crippen molar-refractivity contribution >= 4 is 17.5 Å². The van der Waals surface area contributed by atoms with Gasteiger partial charge in [-0.3, -0.25) is 4.79 Å². The van der Waals surface area contributed by atoms with Crippen LogP contribution in [0.15, 0.2) is 48.8 Å². The zero-order valence-electron chi connectivity index (χ0n) is 16.2. The molecule has 1 aromatic carbocycles. The van der Waals surface area contributed by atoms with Gasteiger partial charge in [0.05, 0.1) is 17.3 Å². The number of hydrogen-bond donors (Lipinski definition) is 1. The molecule has 1 amide bonds. The van der Waals surface area contributed by atoms with Gasteiger partial charge >= 0.3 is 0 Å². The molecule has 1 fully saturated rings. The number of carbonyl (C=O) groups excluding carboxylic acids is 1. The second-order valence-electron chi connectivity index (χ2n) is 7.21. The average Bonchev–Trinajstić information content (AvgIpc) is 3.07. The number of hydrogen-bond acceptors (Lipinski definition) is 5. The number of nitrogens with zero attached hydrogens (tertiary/aromatic N) is 5. The first-order valence-electron chi connectivity index (χ1n) is 9.57. The molecule has 0 aliphatic carbocycles. The van der Waals surface area contributed by atoms with Gasteiger partial charge in [-0.15, -0.1) is 0 Å². The maximum Gasteiger partial charge on any atom is 0.229 e. The number of aromatic nitrogens is 4. The van der Waals surface area contributed by atoms with Crippen LogP contribution < -0.4 is 10.2 Å². The van der Waals surface area contributed by atoms with Crippen molar-refractivity contribution in [3.8, 4) is 5.69 Å². The summed E-state index contributed by atoms with van der Waals surface area (Å²) in [6.45, 7) is 5.53. The highest BCUT2D eigenvalue weighted by atomic mass is 16.1. The summed E-state index contributed by atoms with van der Waals surface area (Å²) in [5.41, 5.74) is 3.84. The number of rotatable bonds is 4. The summed E-state index contributed by atoms with van der Waals surface area (Å²) in [5.74, 6) is 0.655. The first-order valence-corrected chi connectivity index (χ1v) is 9.57. The van der Waals surface area contributed by atoms with Gasteiger partial charge in [0.2, 0.25) is 11.9 Å². The van der Waals surface area contributed by atoms with Crippen molar-refractivity contribution in [2.45, 2.75) is 26.7 Å². The zero-order valence-corrected chi connectivity index (χ0v) is 16.2. The summed E-state index contributed by atoms with van der Waals surface area (Å²) in [4.78, 5) is 23.4. The number of piperidine rings is 1. The summed E-state index contributed by atoms with van der Waals surface area (Å²) < 4.78 is 1.90. The summed E-state index contributed by atoms with van der Waals surface area (Å²) in [6.07, 6.45) is 5.29. The van der Waals surface area contributed by atoms with Crippen LogP contribution in [-0.2, 0) is 4.79 Å². The Morgan fingerprint density at radius 2 is 1.89 bits per heavy atom. The molecule has 7 heteroatoms. The molecule has 3 aromatic rings. The molecular weight excluding hydrogens is 352 g/mol. The lowest BCUT2D eigenvalue weighted by Crippen LogP contribution is -2.41. The van der Waals surface area contributed by atoms with Crippen molar-refractivity contribution in [1.82, 2.24) is 19.7 Å². The maximum atomic E-state index is 12.8. The smallest absolute Gasteiger partial charge is 0.229 e. The number of carbonyl (C=O) groups is 1. The monoisotopic (exact) mass is 376 g/mol. The fraction of sp³-hybridized carbons (Fsp3) is 0.333. The van der Waals surface area contributed by atoms with Crippen LogP contribution >= 0.6 is 0 Å². The summed E-state index contributed by atoms with van der Waals surface area (Å²) in [7, 11) is 0. The van der Waals surface area contributed by atoms with E-state index >= 15 is 0 Å². The van der Waals surface area contributed by atoms with Crippen molar-refractivity contribution in [2.75, 3.05) is 23.3 Å². The van der Waals surface area contributed by atoms with Crippen LogP contribution in [0, 0.1) is 19.8 Å². The van der Waals surface area contributed by atoms with E-state index in [0.717, 1.165) is 42.1 Å². The number of anilines is 2. The summed E-state index contributed by atoms with van der Waals surface area (Å²) >= 11 is 0. The maximum absolute atomic E-state index is 12.8. The SMILES string of the molecule is Cc1cc(C)n(-c2ccc(NC(=O)[C@@H]3CCCN(c4ncccn4)C3)cc2)n1. The van der Waals surface area contributed by atoms with E-state index in [1.165, 1.54) is 0 Å². The first kappa shape index (κ1) is 18.2. The van der Waals surface area contributed by atoms with Crippen molar-refractivity contribution in [1.29, 1.82) is 0 Å². The summed E-state index contributed by atoms with van der Waals surface area (Å²) in [6, 6.07) is 11.6. The van der Waals surface area contributed by atoms with Gasteiger partial charge in [-0.2, -0.15) is 5.10 Å². The molecule has 1 atom stereocenters. The molecule has 3 heterocycles. The Labute approximate surface area is 164 Å². The Morgan fingerprint density at radius 3 is 2.57 bits per heavy atom. The van der Waals surface area contributed by atoms with Gasteiger partial charge < -0.3 is 10.2 Å². The number of amides is 1. The average molecular weight is 376 g/mol. The van der Waals surface area contributed by atoms with Crippen molar-refractivity contribution in [2.24, 2.45) is 5.92 Å². The van der Waals surface area contributed by atoms with E-state index in [-0.39, 0.29) is 11.8 Å². The van der Waals surface area contributed by atoms with Crippen LogP contribution in [0.5, 0.6) is 0 Å². The second-order valence-corrected chi connectivity index (χ2v) is 7.21. The predicted molar refractivity (Wildman–Crippen MR) is 109 cm³/mol. The predicted octanol–water partition coefficient (Wildman–Crippen LogP) is 3.13. The minimum absolute atomic E-state index is 0.0412. The molecule has 28 heavy (non-hydrogen) atoms. The highest BCUT2D eigenvalue weighted by Gasteiger charge is 2.27. The molecule has 7 nitrogen and oxygen atoms in total.